The minimum atomic E-state index is 0. The van der Waals surface area contributed by atoms with Crippen LogP contribution in [0.25, 0.3) is 0 Å². The van der Waals surface area contributed by atoms with Crippen LogP contribution in [-0.2, 0) is 0 Å². The monoisotopic (exact) mass is 126 g/mol. The zero-order chi connectivity index (χ0) is 2.71. The first-order valence-electron chi connectivity index (χ1n) is 0.535. The van der Waals surface area contributed by atoms with Crippen LogP contribution in [-0.4, -0.2) is 43.1 Å². The van der Waals surface area contributed by atoms with Crippen LogP contribution in [0.2, 0.25) is 0 Å². The van der Waals surface area contributed by atoms with E-state index in [0.29, 0.717) is 0 Å². The van der Waals surface area contributed by atoms with Gasteiger partial charge in [-0.3, -0.25) is 0 Å². The zero-order valence-corrected chi connectivity index (χ0v) is 2.97. The summed E-state index contributed by atoms with van der Waals surface area (Å²) in [6.45, 7) is 0. The normalized spacial score (nSPS) is 4.50. The second-order valence-corrected chi connectivity index (χ2v) is 0.909. The van der Waals surface area contributed by atoms with Gasteiger partial charge < -0.3 is 0 Å². The van der Waals surface area contributed by atoms with E-state index < -0.39 is 0 Å². The van der Waals surface area contributed by atoms with Crippen LogP contribution >= 0.6 is 23.2 Å². The van der Waals surface area contributed by atoms with Crippen molar-refractivity contribution < 1.29 is 0 Å². The Bertz CT molecular complexity index is 6.00. The summed E-state index contributed by atoms with van der Waals surface area (Å²) in [5, 5.41) is 0.194. The van der Waals surface area contributed by atoms with Gasteiger partial charge in [-0.15, -0.1) is 23.2 Å². The van der Waals surface area contributed by atoms with E-state index in [-0.39, 0.29) is 43.1 Å². The Kier molecular flexibility index (Phi) is 20.5. The van der Waals surface area contributed by atoms with Crippen molar-refractivity contribution in [1.82, 2.24) is 0 Å². The van der Waals surface area contributed by atoms with E-state index in [0.717, 1.165) is 0 Å². The standard InChI is InChI=1S/CH2Cl2.Ca.2H/c2-1-3;;;/h1H2;;;. The summed E-state index contributed by atoms with van der Waals surface area (Å²) in [5.74, 6) is 0. The summed E-state index contributed by atoms with van der Waals surface area (Å²) >= 11 is 9.53. The van der Waals surface area contributed by atoms with Crippen molar-refractivity contribution in [3.63, 3.8) is 0 Å². The molecule has 0 aliphatic heterocycles. The summed E-state index contributed by atoms with van der Waals surface area (Å²) in [6.07, 6.45) is 0. The molecule has 3 heteroatoms. The molecule has 0 bridgehead atoms. The molecule has 0 heterocycles. The molecule has 4 heavy (non-hydrogen) atoms. The molecule has 0 aliphatic rings. The fraction of sp³-hybridized carbons (Fsp3) is 1.00. The van der Waals surface area contributed by atoms with Gasteiger partial charge in [0.15, 0.2) is 0 Å². The van der Waals surface area contributed by atoms with Gasteiger partial charge in [-0.2, -0.15) is 0 Å². The van der Waals surface area contributed by atoms with E-state index in [4.69, 9.17) is 23.2 Å². The SMILES string of the molecule is ClCCl.[CaH2]. The van der Waals surface area contributed by atoms with Gasteiger partial charge in [0, 0.05) is 0 Å². The predicted molar refractivity (Wildman–Crippen MR) is 25.1 cm³/mol. The second kappa shape index (κ2) is 8.85. The maximum absolute atomic E-state index is 4.76. The molecular formula is CH4CaCl2. The van der Waals surface area contributed by atoms with Crippen molar-refractivity contribution in [1.29, 1.82) is 0 Å². The van der Waals surface area contributed by atoms with E-state index in [1.807, 2.05) is 0 Å². The molecule has 0 fully saturated rings. The second-order valence-electron chi connectivity index (χ2n) is 0.101. The van der Waals surface area contributed by atoms with E-state index in [2.05, 4.69) is 0 Å². The van der Waals surface area contributed by atoms with E-state index in [1.54, 1.807) is 0 Å². The van der Waals surface area contributed by atoms with Gasteiger partial charge in [-0.05, 0) is 0 Å². The van der Waals surface area contributed by atoms with Gasteiger partial charge in [0.1, 0.15) is 0 Å². The fourth-order valence-electron chi connectivity index (χ4n) is 0. The Balaban J connectivity index is 0. The topological polar surface area (TPSA) is 0 Å². The van der Waals surface area contributed by atoms with Crippen LogP contribution in [0.3, 0.4) is 0 Å². The average Bonchev–Trinajstić information content (AvgIpc) is 0.918. The van der Waals surface area contributed by atoms with Gasteiger partial charge >= 0.3 is 37.7 Å². The number of hydrogen-bond donors (Lipinski definition) is 0. The van der Waals surface area contributed by atoms with Crippen molar-refractivity contribution >= 4 is 60.9 Å². The van der Waals surface area contributed by atoms with Gasteiger partial charge in [0.05, 0.1) is 5.34 Å². The van der Waals surface area contributed by atoms with Crippen molar-refractivity contribution in [3.8, 4) is 0 Å². The minimum absolute atomic E-state index is 0. The van der Waals surface area contributed by atoms with Crippen LogP contribution in [0, 0.1) is 0 Å². The Hall–Kier alpha value is 1.84. The zero-order valence-electron chi connectivity index (χ0n) is 1.46. The number of halogens is 2. The Morgan fingerprint density at radius 3 is 1.25 bits per heavy atom. The Morgan fingerprint density at radius 1 is 1.25 bits per heavy atom. The van der Waals surface area contributed by atoms with Crippen LogP contribution in [0.15, 0.2) is 0 Å². The van der Waals surface area contributed by atoms with Gasteiger partial charge in [-0.25, -0.2) is 0 Å². The molecule has 0 unspecified atom stereocenters. The molecule has 0 amide bonds. The summed E-state index contributed by atoms with van der Waals surface area (Å²) in [7, 11) is 0. The maximum atomic E-state index is 4.76. The van der Waals surface area contributed by atoms with Crippen molar-refractivity contribution in [2.45, 2.75) is 0 Å². The van der Waals surface area contributed by atoms with E-state index in [1.165, 1.54) is 0 Å². The van der Waals surface area contributed by atoms with E-state index in [9.17, 15) is 0 Å². The molecule has 0 aromatic heterocycles. The fourth-order valence-corrected chi connectivity index (χ4v) is 0. The van der Waals surface area contributed by atoms with Gasteiger partial charge in [-0.1, -0.05) is 0 Å². The molecule has 0 rings (SSSR count). The molecule has 0 aromatic rings. The molecule has 0 nitrogen and oxygen atoms in total. The number of hydrogen-bond acceptors (Lipinski definition) is 0. The first-order chi connectivity index (χ1) is 1.41. The number of alkyl halides is 2. The summed E-state index contributed by atoms with van der Waals surface area (Å²) in [6, 6.07) is 0. The van der Waals surface area contributed by atoms with Crippen LogP contribution in [0.1, 0.15) is 0 Å². The Labute approximate surface area is 65.5 Å². The summed E-state index contributed by atoms with van der Waals surface area (Å²) < 4.78 is 0. The first-order valence-corrected chi connectivity index (χ1v) is 1.60. The third kappa shape index (κ3) is 9.15. The van der Waals surface area contributed by atoms with E-state index >= 15 is 0 Å². The molecule has 0 saturated heterocycles. The molecule has 0 aromatic carbocycles. The summed E-state index contributed by atoms with van der Waals surface area (Å²) in [4.78, 5) is 0. The van der Waals surface area contributed by atoms with Crippen molar-refractivity contribution in [2.24, 2.45) is 0 Å². The molecule has 0 N–H and O–H groups in total. The molecule has 0 aliphatic carbocycles. The molecule has 0 spiro atoms. The third-order valence-electron chi connectivity index (χ3n) is 0. The van der Waals surface area contributed by atoms with Crippen LogP contribution < -0.4 is 0 Å². The molecule has 0 atom stereocenters. The molecule has 0 saturated carbocycles. The third-order valence-corrected chi connectivity index (χ3v) is 0. The van der Waals surface area contributed by atoms with Gasteiger partial charge in [0.2, 0.25) is 0 Å². The molecule has 24 valence electrons. The van der Waals surface area contributed by atoms with Crippen LogP contribution in [0.4, 0.5) is 0 Å². The predicted octanol–water partition coefficient (Wildman–Crippen LogP) is 0.505. The summed E-state index contributed by atoms with van der Waals surface area (Å²) in [5.41, 5.74) is 0. The Morgan fingerprint density at radius 2 is 1.25 bits per heavy atom. The van der Waals surface area contributed by atoms with Crippen molar-refractivity contribution in [3.05, 3.63) is 0 Å². The molecule has 0 radical (unpaired) electrons. The average molecular weight is 127 g/mol. The van der Waals surface area contributed by atoms with Crippen LogP contribution in [0.5, 0.6) is 0 Å². The number of rotatable bonds is 0. The van der Waals surface area contributed by atoms with Crippen molar-refractivity contribution in [2.75, 3.05) is 5.34 Å². The first kappa shape index (κ1) is 9.28. The quantitative estimate of drug-likeness (QED) is 0.328. The molecular weight excluding hydrogens is 123 g/mol. The van der Waals surface area contributed by atoms with Gasteiger partial charge in [0.25, 0.3) is 0 Å².